The molecule has 0 atom stereocenters. The van der Waals surface area contributed by atoms with E-state index in [9.17, 15) is 10.1 Å². The number of nitrogens with zero attached hydrogens (tertiary/aromatic N) is 6. The highest BCUT2D eigenvalue weighted by molar-refractivity contribution is 7.98. The zero-order chi connectivity index (χ0) is 17.6. The first-order valence-electron chi connectivity index (χ1n) is 6.94. The van der Waals surface area contributed by atoms with E-state index in [1.807, 2.05) is 6.07 Å². The summed E-state index contributed by atoms with van der Waals surface area (Å²) in [7, 11) is 0. The fourth-order valence-corrected chi connectivity index (χ4v) is 2.30. The van der Waals surface area contributed by atoms with Crippen molar-refractivity contribution in [3.8, 4) is 17.3 Å². The number of aromatic nitrogens is 7. The number of anilines is 1. The fraction of sp³-hybridized carbons (Fsp3) is 0.0714. The molecule has 0 bridgehead atoms. The number of para-hydroxylation sites is 1. The Balaban J connectivity index is 1.97. The first kappa shape index (κ1) is 16.3. The second-order valence-electron chi connectivity index (χ2n) is 4.61. The van der Waals surface area contributed by atoms with Crippen molar-refractivity contribution in [3.05, 3.63) is 46.6 Å². The molecule has 0 saturated carbocycles. The maximum atomic E-state index is 12.2. The highest BCUT2D eigenvalue weighted by Gasteiger charge is 2.12. The van der Waals surface area contributed by atoms with Crippen molar-refractivity contribution in [1.82, 2.24) is 35.8 Å². The molecular weight excluding hydrogens is 342 g/mol. The summed E-state index contributed by atoms with van der Waals surface area (Å²) in [5.41, 5.74) is 1.13. The Hall–Kier alpha value is -3.52. The van der Waals surface area contributed by atoms with Gasteiger partial charge in [0.1, 0.15) is 11.6 Å². The molecule has 0 saturated heterocycles. The van der Waals surface area contributed by atoms with Crippen LogP contribution in [0, 0.1) is 11.3 Å². The van der Waals surface area contributed by atoms with Crippen molar-refractivity contribution in [2.75, 3.05) is 11.6 Å². The summed E-state index contributed by atoms with van der Waals surface area (Å²) < 4.78 is 0. The fourth-order valence-electron chi connectivity index (χ4n) is 1.98. The van der Waals surface area contributed by atoms with Crippen molar-refractivity contribution in [2.24, 2.45) is 0 Å². The van der Waals surface area contributed by atoms with Gasteiger partial charge in [-0.2, -0.15) is 10.5 Å². The van der Waals surface area contributed by atoms with Gasteiger partial charge in [0.2, 0.25) is 5.82 Å². The largest absolute Gasteiger partial charge is 0.360 e. The van der Waals surface area contributed by atoms with Crippen LogP contribution >= 0.6 is 11.8 Å². The van der Waals surface area contributed by atoms with Crippen LogP contribution in [0.1, 0.15) is 5.82 Å². The molecule has 124 valence electrons. The minimum atomic E-state index is -0.351. The van der Waals surface area contributed by atoms with E-state index in [0.717, 1.165) is 0 Å². The van der Waals surface area contributed by atoms with E-state index >= 15 is 0 Å². The zero-order valence-electron chi connectivity index (χ0n) is 12.9. The van der Waals surface area contributed by atoms with Crippen LogP contribution in [0.15, 0.2) is 40.4 Å². The molecule has 0 aliphatic heterocycles. The van der Waals surface area contributed by atoms with Gasteiger partial charge in [-0.25, -0.2) is 0 Å². The third-order valence-corrected chi connectivity index (χ3v) is 3.70. The van der Waals surface area contributed by atoms with Crippen molar-refractivity contribution in [1.29, 1.82) is 5.26 Å². The zero-order valence-corrected chi connectivity index (χ0v) is 13.7. The number of benzene rings is 1. The van der Waals surface area contributed by atoms with E-state index in [0.29, 0.717) is 16.4 Å². The molecule has 10 nitrogen and oxygen atoms in total. The average Bonchev–Trinajstić information content (AvgIpc) is 3.17. The Bertz CT molecular complexity index is 1000. The third kappa shape index (κ3) is 3.54. The summed E-state index contributed by atoms with van der Waals surface area (Å²) >= 11 is 1.29. The smallest absolute Gasteiger partial charge is 0.278 e. The maximum absolute atomic E-state index is 12.2. The summed E-state index contributed by atoms with van der Waals surface area (Å²) in [6.07, 6.45) is 3.23. The van der Waals surface area contributed by atoms with Gasteiger partial charge in [-0.15, -0.1) is 20.4 Å². The number of rotatable bonds is 5. The molecule has 25 heavy (non-hydrogen) atoms. The topological polar surface area (TPSA) is 149 Å². The van der Waals surface area contributed by atoms with Crippen LogP contribution in [0.4, 0.5) is 5.69 Å². The molecule has 2 heterocycles. The summed E-state index contributed by atoms with van der Waals surface area (Å²) in [5.74, 6) is 0.162. The number of nitriles is 1. The Morgan fingerprint density at radius 3 is 2.84 bits per heavy atom. The van der Waals surface area contributed by atoms with Crippen molar-refractivity contribution in [2.45, 2.75) is 5.16 Å². The Morgan fingerprint density at radius 1 is 1.32 bits per heavy atom. The summed E-state index contributed by atoms with van der Waals surface area (Å²) in [6, 6.07) is 9.02. The second-order valence-corrected chi connectivity index (χ2v) is 5.40. The monoisotopic (exact) mass is 353 g/mol. The number of allylic oxidation sites excluding steroid dienone is 1. The van der Waals surface area contributed by atoms with Crippen LogP contribution < -0.4 is 10.9 Å². The minimum absolute atomic E-state index is 0.162. The molecule has 0 spiro atoms. The molecule has 3 aromatic rings. The first-order valence-corrected chi connectivity index (χ1v) is 8.16. The number of nitrogens with one attached hydrogen (secondary N) is 3. The number of aromatic amines is 2. The van der Waals surface area contributed by atoms with Gasteiger partial charge in [0.25, 0.3) is 5.56 Å². The van der Waals surface area contributed by atoms with Gasteiger partial charge < -0.3 is 5.32 Å². The van der Waals surface area contributed by atoms with E-state index in [-0.39, 0.29) is 22.7 Å². The second kappa shape index (κ2) is 7.37. The molecule has 0 amide bonds. The van der Waals surface area contributed by atoms with E-state index < -0.39 is 0 Å². The van der Waals surface area contributed by atoms with Crippen LogP contribution in [0.25, 0.3) is 16.8 Å². The molecule has 11 heteroatoms. The normalized spacial score (nSPS) is 11.1. The number of hydrogen-bond acceptors (Lipinski definition) is 9. The average molecular weight is 353 g/mol. The number of tetrazole rings is 1. The Kier molecular flexibility index (Phi) is 4.82. The predicted molar refractivity (Wildman–Crippen MR) is 91.3 cm³/mol. The van der Waals surface area contributed by atoms with Crippen LogP contribution in [0.5, 0.6) is 0 Å². The highest BCUT2D eigenvalue weighted by atomic mass is 32.2. The van der Waals surface area contributed by atoms with Gasteiger partial charge in [0.05, 0.1) is 0 Å². The maximum Gasteiger partial charge on any atom is 0.278 e. The van der Waals surface area contributed by atoms with Gasteiger partial charge in [0.15, 0.2) is 10.9 Å². The molecule has 2 aromatic heterocycles. The van der Waals surface area contributed by atoms with Gasteiger partial charge >= 0.3 is 0 Å². The molecule has 0 fully saturated rings. The van der Waals surface area contributed by atoms with E-state index in [2.05, 4.69) is 41.1 Å². The third-order valence-electron chi connectivity index (χ3n) is 3.13. The van der Waals surface area contributed by atoms with Crippen molar-refractivity contribution in [3.63, 3.8) is 0 Å². The predicted octanol–water partition coefficient (Wildman–Crippen LogP) is 1.04. The van der Waals surface area contributed by atoms with Crippen LogP contribution in [0.2, 0.25) is 0 Å². The van der Waals surface area contributed by atoms with Crippen LogP contribution in [0.3, 0.4) is 0 Å². The summed E-state index contributed by atoms with van der Waals surface area (Å²) in [5, 5.41) is 33.8. The molecule has 0 unspecified atom stereocenters. The molecule has 0 aliphatic carbocycles. The standard InChI is InChI=1S/C14H11N9OS/c1-25-14-17-13(24)11(18-21-14)9-4-2-3-5-10(9)16-7-8(6-15)12-19-22-23-20-12/h2-5,7,16H,1H3,(H,17,21,24)(H,19,20,22,23). The molecule has 0 aliphatic rings. The molecule has 3 N–H and O–H groups in total. The summed E-state index contributed by atoms with van der Waals surface area (Å²) in [4.78, 5) is 14.9. The molecule has 3 rings (SSSR count). The van der Waals surface area contributed by atoms with Gasteiger partial charge in [0, 0.05) is 17.5 Å². The SMILES string of the molecule is CSc1nnc(-c2ccccc2NC=C(C#N)c2nn[nH]n2)c(=O)[nH]1. The van der Waals surface area contributed by atoms with Crippen molar-refractivity contribution < 1.29 is 0 Å². The van der Waals surface area contributed by atoms with Gasteiger partial charge in [-0.1, -0.05) is 30.0 Å². The lowest BCUT2D eigenvalue weighted by molar-refractivity contribution is 0.826. The lowest BCUT2D eigenvalue weighted by Gasteiger charge is -2.08. The number of thioether (sulfide) groups is 1. The lowest BCUT2D eigenvalue weighted by atomic mass is 10.1. The van der Waals surface area contributed by atoms with Crippen molar-refractivity contribution >= 4 is 23.0 Å². The number of hydrogen-bond donors (Lipinski definition) is 3. The van der Waals surface area contributed by atoms with E-state index in [1.165, 1.54) is 18.0 Å². The Labute approximate surface area is 145 Å². The van der Waals surface area contributed by atoms with Gasteiger partial charge in [-0.3, -0.25) is 9.78 Å². The van der Waals surface area contributed by atoms with Crippen LogP contribution in [-0.4, -0.2) is 42.1 Å². The van der Waals surface area contributed by atoms with E-state index in [1.54, 1.807) is 30.5 Å². The van der Waals surface area contributed by atoms with Crippen LogP contribution in [-0.2, 0) is 0 Å². The molecule has 0 radical (unpaired) electrons. The lowest BCUT2D eigenvalue weighted by Crippen LogP contribution is -2.14. The highest BCUT2D eigenvalue weighted by Crippen LogP contribution is 2.24. The van der Waals surface area contributed by atoms with E-state index in [4.69, 9.17) is 0 Å². The van der Waals surface area contributed by atoms with Gasteiger partial charge in [-0.05, 0) is 17.5 Å². The molecule has 1 aromatic carbocycles. The quantitative estimate of drug-likeness (QED) is 0.451. The molecular formula is C14H11N9OS. The minimum Gasteiger partial charge on any atom is -0.360 e. The summed E-state index contributed by atoms with van der Waals surface area (Å²) in [6.45, 7) is 0. The number of H-pyrrole nitrogens is 2. The Morgan fingerprint density at radius 2 is 2.16 bits per heavy atom. The first-order chi connectivity index (χ1) is 12.2.